The number of aliphatic hydroxyl groups excluding tert-OH is 1. The lowest BCUT2D eigenvalue weighted by Gasteiger charge is -2.37. The molecule has 3 aliphatic heterocycles. The zero-order valence-electron chi connectivity index (χ0n) is 24.2. The molecule has 5 atom stereocenters. The van der Waals surface area contributed by atoms with Crippen molar-refractivity contribution in [1.82, 2.24) is 9.80 Å². The lowest BCUT2D eigenvalue weighted by Crippen LogP contribution is -2.57. The van der Waals surface area contributed by atoms with Gasteiger partial charge in [0.25, 0.3) is 5.91 Å². The van der Waals surface area contributed by atoms with Crippen LogP contribution in [0.25, 0.3) is 0 Å². The number of carbonyl (C=O) groups is 3. The maximum Gasteiger partial charge on any atom is 0.253 e. The standard InChI is InChI=1S/C33H38ClN3O5/c1-5-17-35(21-23-12-8-7-9-13-23)29(39)25-26-30(40)37(19-20-38)28(33(26)16-15-32(25,4)42-33)31(41)36(18-6-2)27-22(3)11-10-14-24(27)34/h5-14,25-26,28,38H,1-2,15-21H2,3-4H3/t25-,26-,28?,32+,33?/m0/s1. The molecular formula is C33H38ClN3O5. The van der Waals surface area contributed by atoms with Crippen LogP contribution in [-0.2, 0) is 25.7 Å². The fraction of sp³-hybridized carbons (Fsp3) is 0.424. The number of hydrogen-bond acceptors (Lipinski definition) is 5. The van der Waals surface area contributed by atoms with E-state index >= 15 is 0 Å². The zero-order valence-corrected chi connectivity index (χ0v) is 24.9. The molecule has 5 rings (SSSR count). The molecule has 3 amide bonds. The van der Waals surface area contributed by atoms with Crippen molar-refractivity contribution < 1.29 is 24.2 Å². The Kier molecular flexibility index (Phi) is 8.34. The molecule has 2 unspecified atom stereocenters. The number of rotatable bonds is 11. The van der Waals surface area contributed by atoms with Gasteiger partial charge in [0.1, 0.15) is 11.6 Å². The van der Waals surface area contributed by atoms with Crippen molar-refractivity contribution in [2.45, 2.75) is 50.5 Å². The maximum atomic E-state index is 14.6. The van der Waals surface area contributed by atoms with E-state index in [2.05, 4.69) is 13.2 Å². The molecule has 1 spiro atoms. The van der Waals surface area contributed by atoms with E-state index in [1.165, 1.54) is 9.80 Å². The Morgan fingerprint density at radius 2 is 1.81 bits per heavy atom. The van der Waals surface area contributed by atoms with Crippen LogP contribution in [0, 0.1) is 18.8 Å². The third-order valence-electron chi connectivity index (χ3n) is 9.03. The Morgan fingerprint density at radius 1 is 1.10 bits per heavy atom. The first kappa shape index (κ1) is 30.0. The number of aryl methyl sites for hydroxylation is 1. The normalized spacial score (nSPS) is 27.6. The highest BCUT2D eigenvalue weighted by atomic mass is 35.5. The van der Waals surface area contributed by atoms with E-state index in [1.54, 1.807) is 23.1 Å². The van der Waals surface area contributed by atoms with Gasteiger partial charge in [-0.25, -0.2) is 0 Å². The summed E-state index contributed by atoms with van der Waals surface area (Å²) in [6, 6.07) is 14.0. The zero-order chi connectivity index (χ0) is 30.2. The Balaban J connectivity index is 1.57. The summed E-state index contributed by atoms with van der Waals surface area (Å²) >= 11 is 6.60. The van der Waals surface area contributed by atoms with Gasteiger partial charge in [0.15, 0.2) is 0 Å². The number of β-amino-alcohol motifs (C(OH)–C–C–N with tert-alkyl or cyclic N) is 1. The summed E-state index contributed by atoms with van der Waals surface area (Å²) in [6.07, 6.45) is 4.24. The van der Waals surface area contributed by atoms with Gasteiger partial charge in [-0.1, -0.05) is 66.2 Å². The van der Waals surface area contributed by atoms with Crippen molar-refractivity contribution in [3.8, 4) is 0 Å². The molecule has 1 N–H and O–H groups in total. The Labute approximate surface area is 252 Å². The summed E-state index contributed by atoms with van der Waals surface area (Å²) in [4.78, 5) is 47.9. The highest BCUT2D eigenvalue weighted by Crippen LogP contribution is 2.63. The number of benzene rings is 2. The van der Waals surface area contributed by atoms with Crippen molar-refractivity contribution in [3.05, 3.63) is 90.0 Å². The van der Waals surface area contributed by atoms with Gasteiger partial charge < -0.3 is 24.5 Å². The molecule has 0 aliphatic carbocycles. The third-order valence-corrected chi connectivity index (χ3v) is 9.34. The average Bonchev–Trinajstić information content (AvgIpc) is 3.53. The number of hydrogen-bond donors (Lipinski definition) is 1. The maximum absolute atomic E-state index is 14.6. The second kappa shape index (κ2) is 11.7. The molecule has 0 radical (unpaired) electrons. The number of amides is 3. The van der Waals surface area contributed by atoms with E-state index < -0.39 is 29.1 Å². The Morgan fingerprint density at radius 3 is 2.45 bits per heavy atom. The van der Waals surface area contributed by atoms with Crippen LogP contribution in [0.1, 0.15) is 30.9 Å². The van der Waals surface area contributed by atoms with Crippen molar-refractivity contribution in [1.29, 1.82) is 0 Å². The molecular weight excluding hydrogens is 554 g/mol. The molecule has 222 valence electrons. The molecule has 9 heteroatoms. The first-order valence-electron chi connectivity index (χ1n) is 14.4. The van der Waals surface area contributed by atoms with Gasteiger partial charge in [-0.2, -0.15) is 0 Å². The largest absolute Gasteiger partial charge is 0.395 e. The number of nitrogens with zero attached hydrogens (tertiary/aromatic N) is 3. The van der Waals surface area contributed by atoms with Gasteiger partial charge in [-0.3, -0.25) is 14.4 Å². The second-order valence-corrected chi connectivity index (χ2v) is 12.0. The van der Waals surface area contributed by atoms with Gasteiger partial charge in [0.2, 0.25) is 11.8 Å². The Hall–Kier alpha value is -3.46. The van der Waals surface area contributed by atoms with E-state index in [1.807, 2.05) is 56.3 Å². The van der Waals surface area contributed by atoms with Crippen LogP contribution in [0.2, 0.25) is 5.02 Å². The van der Waals surface area contributed by atoms with Crippen molar-refractivity contribution in [2.24, 2.45) is 11.8 Å². The number of likely N-dealkylation sites (tertiary alicyclic amines) is 1. The molecule has 8 nitrogen and oxygen atoms in total. The highest BCUT2D eigenvalue weighted by molar-refractivity contribution is 6.34. The number of anilines is 1. The summed E-state index contributed by atoms with van der Waals surface area (Å²) in [5.41, 5.74) is 0.134. The van der Waals surface area contributed by atoms with Crippen molar-refractivity contribution in [3.63, 3.8) is 0 Å². The molecule has 0 saturated carbocycles. The lowest BCUT2D eigenvalue weighted by atomic mass is 9.66. The number of carbonyl (C=O) groups excluding carboxylic acids is 3. The fourth-order valence-electron chi connectivity index (χ4n) is 7.35. The van der Waals surface area contributed by atoms with Crippen LogP contribution >= 0.6 is 11.6 Å². The minimum absolute atomic E-state index is 0.0572. The summed E-state index contributed by atoms with van der Waals surface area (Å²) in [5.74, 6) is -2.60. The number of aliphatic hydroxyl groups is 1. The minimum atomic E-state index is -1.22. The van der Waals surface area contributed by atoms with Gasteiger partial charge in [0.05, 0.1) is 34.8 Å². The van der Waals surface area contributed by atoms with Gasteiger partial charge in [-0.15, -0.1) is 13.2 Å². The number of ether oxygens (including phenoxy) is 1. The monoisotopic (exact) mass is 591 g/mol. The van der Waals surface area contributed by atoms with Gasteiger partial charge in [-0.05, 0) is 43.9 Å². The van der Waals surface area contributed by atoms with E-state index in [9.17, 15) is 19.5 Å². The average molecular weight is 592 g/mol. The summed E-state index contributed by atoms with van der Waals surface area (Å²) in [5, 5.41) is 10.4. The topological polar surface area (TPSA) is 90.4 Å². The predicted octanol–water partition coefficient (Wildman–Crippen LogP) is 4.14. The van der Waals surface area contributed by atoms with Crippen LogP contribution in [-0.4, -0.2) is 76.1 Å². The molecule has 42 heavy (non-hydrogen) atoms. The number of para-hydroxylation sites is 1. The van der Waals surface area contributed by atoms with Crippen molar-refractivity contribution in [2.75, 3.05) is 31.1 Å². The van der Waals surface area contributed by atoms with Crippen LogP contribution in [0.5, 0.6) is 0 Å². The third kappa shape index (κ3) is 4.75. The van der Waals surface area contributed by atoms with Crippen LogP contribution < -0.4 is 4.90 Å². The first-order valence-corrected chi connectivity index (χ1v) is 14.7. The first-order chi connectivity index (χ1) is 20.1. The summed E-state index contributed by atoms with van der Waals surface area (Å²) in [6.45, 7) is 11.9. The molecule has 2 aromatic carbocycles. The van der Waals surface area contributed by atoms with Crippen molar-refractivity contribution >= 4 is 35.0 Å². The van der Waals surface area contributed by atoms with Gasteiger partial charge in [0, 0.05) is 26.2 Å². The van der Waals surface area contributed by atoms with E-state index in [4.69, 9.17) is 16.3 Å². The smallest absolute Gasteiger partial charge is 0.253 e. The second-order valence-electron chi connectivity index (χ2n) is 11.6. The highest BCUT2D eigenvalue weighted by Gasteiger charge is 2.78. The molecule has 2 bridgehead atoms. The molecule has 3 aliphatic rings. The SMILES string of the molecule is C=CCN(Cc1ccccc1)C(=O)[C@@H]1[C@H]2C(=O)N(CCO)C(C(=O)N(CC=C)c3c(C)cccc3Cl)C23CC[C@@]1(C)O3. The van der Waals surface area contributed by atoms with E-state index in [0.717, 1.165) is 11.1 Å². The number of fused-ring (bicyclic) bond motifs is 1. The molecule has 0 aromatic heterocycles. The van der Waals surface area contributed by atoms with Gasteiger partial charge >= 0.3 is 0 Å². The minimum Gasteiger partial charge on any atom is -0.395 e. The summed E-state index contributed by atoms with van der Waals surface area (Å²) in [7, 11) is 0. The molecule has 2 aromatic rings. The fourth-order valence-corrected chi connectivity index (χ4v) is 7.68. The summed E-state index contributed by atoms with van der Waals surface area (Å²) < 4.78 is 6.77. The number of halogens is 1. The quantitative estimate of drug-likeness (QED) is 0.397. The molecule has 3 fully saturated rings. The molecule has 3 heterocycles. The Bertz CT molecular complexity index is 1380. The molecule has 3 saturated heterocycles. The van der Waals surface area contributed by atoms with Crippen LogP contribution in [0.4, 0.5) is 5.69 Å². The van der Waals surface area contributed by atoms with E-state index in [-0.39, 0.29) is 37.4 Å². The van der Waals surface area contributed by atoms with E-state index in [0.29, 0.717) is 36.6 Å². The van der Waals surface area contributed by atoms with Crippen LogP contribution in [0.3, 0.4) is 0 Å². The lowest BCUT2D eigenvalue weighted by molar-refractivity contribution is -0.150. The van der Waals surface area contributed by atoms with Crippen LogP contribution in [0.15, 0.2) is 73.8 Å². The predicted molar refractivity (Wildman–Crippen MR) is 162 cm³/mol.